The number of aryl methyl sites for hydroxylation is 1. The fourth-order valence-electron chi connectivity index (χ4n) is 2.52. The minimum atomic E-state index is -0.208. The number of methoxy groups -OCH3 is 3. The summed E-state index contributed by atoms with van der Waals surface area (Å²) in [5.41, 5.74) is 2.07. The van der Waals surface area contributed by atoms with E-state index in [-0.39, 0.29) is 12.0 Å². The van der Waals surface area contributed by atoms with Crippen LogP contribution in [0, 0.1) is 0 Å². The fourth-order valence-corrected chi connectivity index (χ4v) is 2.52. The van der Waals surface area contributed by atoms with E-state index >= 15 is 0 Å². The normalized spacial score (nSPS) is 11.6. The second-order valence-electron chi connectivity index (χ2n) is 5.65. The Labute approximate surface area is 148 Å². The molecule has 1 N–H and O–H groups in total. The number of rotatable bonds is 9. The van der Waals surface area contributed by atoms with E-state index in [0.717, 1.165) is 22.6 Å². The highest BCUT2D eigenvalue weighted by atomic mass is 16.5. The molecule has 0 aliphatic heterocycles. The predicted molar refractivity (Wildman–Crippen MR) is 97.1 cm³/mol. The Morgan fingerprint density at radius 3 is 2.36 bits per heavy atom. The number of hydrogen-bond donors (Lipinski definition) is 1. The van der Waals surface area contributed by atoms with Gasteiger partial charge in [0, 0.05) is 20.1 Å². The van der Waals surface area contributed by atoms with Crippen molar-refractivity contribution in [3.63, 3.8) is 0 Å². The van der Waals surface area contributed by atoms with E-state index in [4.69, 9.17) is 14.2 Å². The lowest BCUT2D eigenvalue weighted by Gasteiger charge is -2.17. The molecule has 0 bridgehead atoms. The summed E-state index contributed by atoms with van der Waals surface area (Å²) in [4.78, 5) is 12.1. The molecule has 0 unspecified atom stereocenters. The molecule has 1 atom stereocenters. The second kappa shape index (κ2) is 9.69. The van der Waals surface area contributed by atoms with E-state index < -0.39 is 0 Å². The first-order valence-electron chi connectivity index (χ1n) is 8.22. The highest BCUT2D eigenvalue weighted by molar-refractivity contribution is 5.76. The van der Waals surface area contributed by atoms with Gasteiger partial charge < -0.3 is 19.5 Å². The molecule has 0 saturated heterocycles. The van der Waals surface area contributed by atoms with E-state index in [1.807, 2.05) is 48.5 Å². The Bertz CT molecular complexity index is 670. The molecule has 5 nitrogen and oxygen atoms in total. The molecule has 2 rings (SSSR count). The maximum absolute atomic E-state index is 12.1. The molecule has 25 heavy (non-hydrogen) atoms. The molecule has 0 aromatic heterocycles. The fraction of sp³-hybridized carbons (Fsp3) is 0.350. The van der Waals surface area contributed by atoms with Gasteiger partial charge in [-0.2, -0.15) is 0 Å². The lowest BCUT2D eigenvalue weighted by atomic mass is 10.1. The van der Waals surface area contributed by atoms with Gasteiger partial charge in [0.25, 0.3) is 0 Å². The molecule has 2 aromatic carbocycles. The number of hydrogen-bond acceptors (Lipinski definition) is 4. The van der Waals surface area contributed by atoms with Gasteiger partial charge in [0.2, 0.25) is 5.91 Å². The van der Waals surface area contributed by atoms with Crippen LogP contribution in [0.3, 0.4) is 0 Å². The van der Waals surface area contributed by atoms with Crippen LogP contribution >= 0.6 is 0 Å². The first-order valence-corrected chi connectivity index (χ1v) is 8.22. The highest BCUT2D eigenvalue weighted by Gasteiger charge is 2.13. The molecule has 0 heterocycles. The maximum atomic E-state index is 12.1. The summed E-state index contributed by atoms with van der Waals surface area (Å²) >= 11 is 0. The molecule has 134 valence electrons. The van der Waals surface area contributed by atoms with Crippen LogP contribution in [-0.4, -0.2) is 33.8 Å². The molecule has 1 amide bonds. The molecule has 0 aliphatic rings. The zero-order chi connectivity index (χ0) is 18.1. The minimum absolute atomic E-state index is 0.000708. The van der Waals surface area contributed by atoms with Gasteiger partial charge in [-0.15, -0.1) is 0 Å². The van der Waals surface area contributed by atoms with Crippen molar-refractivity contribution in [3.8, 4) is 11.5 Å². The van der Waals surface area contributed by atoms with Gasteiger partial charge in [0.05, 0.1) is 20.3 Å². The average molecular weight is 343 g/mol. The Morgan fingerprint density at radius 1 is 1.00 bits per heavy atom. The quantitative estimate of drug-likeness (QED) is 0.760. The molecule has 0 fully saturated rings. The molecule has 2 aromatic rings. The van der Waals surface area contributed by atoms with Gasteiger partial charge in [-0.25, -0.2) is 0 Å². The third-order valence-electron chi connectivity index (χ3n) is 4.03. The van der Waals surface area contributed by atoms with Crippen LogP contribution < -0.4 is 14.8 Å². The van der Waals surface area contributed by atoms with Crippen molar-refractivity contribution in [3.05, 3.63) is 59.7 Å². The maximum Gasteiger partial charge on any atom is 0.220 e. The summed E-state index contributed by atoms with van der Waals surface area (Å²) < 4.78 is 15.8. The van der Waals surface area contributed by atoms with Gasteiger partial charge in [0.1, 0.15) is 11.5 Å². The minimum Gasteiger partial charge on any atom is -0.497 e. The van der Waals surface area contributed by atoms with E-state index in [9.17, 15) is 4.79 Å². The van der Waals surface area contributed by atoms with Gasteiger partial charge >= 0.3 is 0 Å². The van der Waals surface area contributed by atoms with E-state index in [2.05, 4.69) is 5.32 Å². The summed E-state index contributed by atoms with van der Waals surface area (Å²) in [6, 6.07) is 15.4. The van der Waals surface area contributed by atoms with Crippen molar-refractivity contribution < 1.29 is 19.0 Å². The summed E-state index contributed by atoms with van der Waals surface area (Å²) in [6.45, 7) is 0.422. The van der Waals surface area contributed by atoms with Gasteiger partial charge in [-0.1, -0.05) is 24.3 Å². The third-order valence-corrected chi connectivity index (χ3v) is 4.03. The second-order valence-corrected chi connectivity index (χ2v) is 5.65. The Kier molecular flexibility index (Phi) is 7.29. The van der Waals surface area contributed by atoms with E-state index in [1.165, 1.54) is 0 Å². The number of nitrogens with one attached hydrogen (secondary N) is 1. The molecule has 0 saturated carbocycles. The van der Waals surface area contributed by atoms with Crippen LogP contribution in [0.2, 0.25) is 0 Å². The van der Waals surface area contributed by atoms with Crippen LogP contribution in [0.1, 0.15) is 23.7 Å². The largest absolute Gasteiger partial charge is 0.497 e. The van der Waals surface area contributed by atoms with Crippen LogP contribution in [0.25, 0.3) is 0 Å². The SMILES string of the molecule is COc1ccc(CCC(=O)NC[C@@H](OC)c2cccc(OC)c2)cc1. The zero-order valence-corrected chi connectivity index (χ0v) is 15.0. The first-order chi connectivity index (χ1) is 12.2. The van der Waals surface area contributed by atoms with Gasteiger partial charge in [-0.05, 0) is 41.8 Å². The van der Waals surface area contributed by atoms with Crippen molar-refractivity contribution in [2.45, 2.75) is 18.9 Å². The zero-order valence-electron chi connectivity index (χ0n) is 15.0. The van der Waals surface area contributed by atoms with Crippen molar-refractivity contribution in [1.29, 1.82) is 0 Å². The number of carbonyl (C=O) groups excluding carboxylic acids is 1. The van der Waals surface area contributed by atoms with E-state index in [0.29, 0.717) is 19.4 Å². The number of benzene rings is 2. The molecular formula is C20H25NO4. The monoisotopic (exact) mass is 343 g/mol. The Hall–Kier alpha value is -2.53. The number of carbonyl (C=O) groups is 1. The predicted octanol–water partition coefficient (Wildman–Crippen LogP) is 3.14. The van der Waals surface area contributed by atoms with Gasteiger partial charge in [-0.3, -0.25) is 4.79 Å². The lowest BCUT2D eigenvalue weighted by molar-refractivity contribution is -0.121. The highest BCUT2D eigenvalue weighted by Crippen LogP contribution is 2.21. The summed E-state index contributed by atoms with van der Waals surface area (Å²) in [6.07, 6.45) is 0.910. The number of amides is 1. The van der Waals surface area contributed by atoms with Gasteiger partial charge in [0.15, 0.2) is 0 Å². The molecule has 0 radical (unpaired) electrons. The van der Waals surface area contributed by atoms with Crippen molar-refractivity contribution in [2.24, 2.45) is 0 Å². The topological polar surface area (TPSA) is 56.8 Å². The first kappa shape index (κ1) is 18.8. The van der Waals surface area contributed by atoms with Crippen molar-refractivity contribution >= 4 is 5.91 Å². The summed E-state index contributed by atoms with van der Waals surface area (Å²) in [7, 11) is 4.90. The molecule has 5 heteroatoms. The third kappa shape index (κ3) is 5.80. The van der Waals surface area contributed by atoms with Crippen molar-refractivity contribution in [1.82, 2.24) is 5.32 Å². The van der Waals surface area contributed by atoms with Crippen molar-refractivity contribution in [2.75, 3.05) is 27.9 Å². The van der Waals surface area contributed by atoms with Crippen LogP contribution in [-0.2, 0) is 16.0 Å². The number of ether oxygens (including phenoxy) is 3. The Morgan fingerprint density at radius 2 is 1.72 bits per heavy atom. The Balaban J connectivity index is 1.82. The molecular weight excluding hydrogens is 318 g/mol. The molecule has 0 aliphatic carbocycles. The summed E-state index contributed by atoms with van der Waals surface area (Å²) in [5, 5.41) is 2.93. The smallest absolute Gasteiger partial charge is 0.220 e. The van der Waals surface area contributed by atoms with E-state index in [1.54, 1.807) is 21.3 Å². The summed E-state index contributed by atoms with van der Waals surface area (Å²) in [5.74, 6) is 1.58. The van der Waals surface area contributed by atoms with Crippen LogP contribution in [0.15, 0.2) is 48.5 Å². The average Bonchev–Trinajstić information content (AvgIpc) is 2.67. The molecule has 0 spiro atoms. The standard InChI is InChI=1S/C20H25NO4/c1-23-17-10-7-15(8-11-17)9-12-20(22)21-14-19(25-3)16-5-4-6-18(13-16)24-2/h4-8,10-11,13,19H,9,12,14H2,1-3H3,(H,21,22)/t19-/m1/s1. The van der Waals surface area contributed by atoms with Crippen LogP contribution in [0.4, 0.5) is 0 Å². The lowest BCUT2D eigenvalue weighted by Crippen LogP contribution is -2.29. The van der Waals surface area contributed by atoms with Crippen LogP contribution in [0.5, 0.6) is 11.5 Å².